The zero-order chi connectivity index (χ0) is 12.5. The summed E-state index contributed by atoms with van der Waals surface area (Å²) in [6.45, 7) is 6.72. The molecule has 5 nitrogen and oxygen atoms in total. The van der Waals surface area contributed by atoms with E-state index < -0.39 is 0 Å². The summed E-state index contributed by atoms with van der Waals surface area (Å²) in [6, 6.07) is 0.582. The van der Waals surface area contributed by atoms with E-state index in [1.807, 2.05) is 10.9 Å². The van der Waals surface area contributed by atoms with Crippen molar-refractivity contribution < 1.29 is 0 Å². The van der Waals surface area contributed by atoms with E-state index in [1.165, 1.54) is 25.7 Å². The lowest BCUT2D eigenvalue weighted by atomic mass is 10.1. The molecule has 0 spiro atoms. The zero-order valence-corrected chi connectivity index (χ0v) is 11.0. The van der Waals surface area contributed by atoms with Crippen molar-refractivity contribution in [3.63, 3.8) is 0 Å². The normalized spacial score (nSPS) is 12.9. The number of hydrogen-bond donors (Lipinski definition) is 2. The maximum absolute atomic E-state index is 5.48. The molecule has 0 radical (unpaired) electrons. The molecule has 1 unspecified atom stereocenters. The summed E-state index contributed by atoms with van der Waals surface area (Å²) in [5.41, 5.74) is 6.32. The van der Waals surface area contributed by atoms with Gasteiger partial charge in [-0.15, -0.1) is 5.10 Å². The zero-order valence-electron chi connectivity index (χ0n) is 11.0. The average Bonchev–Trinajstić information content (AvgIpc) is 2.77. The van der Waals surface area contributed by atoms with Crippen molar-refractivity contribution in [3.05, 3.63) is 11.9 Å². The highest BCUT2D eigenvalue weighted by Gasteiger charge is 2.01. The Morgan fingerprint density at radius 2 is 2.29 bits per heavy atom. The first-order chi connectivity index (χ1) is 8.26. The van der Waals surface area contributed by atoms with Crippen LogP contribution in [0.15, 0.2) is 6.20 Å². The van der Waals surface area contributed by atoms with Gasteiger partial charge in [-0.25, -0.2) is 0 Å². The Bertz CT molecular complexity index is 297. The highest BCUT2D eigenvalue weighted by molar-refractivity contribution is 4.90. The molecule has 5 heteroatoms. The molecular formula is C12H25N5. The van der Waals surface area contributed by atoms with Gasteiger partial charge in [0.25, 0.3) is 0 Å². The van der Waals surface area contributed by atoms with Crippen LogP contribution in [0.4, 0.5) is 0 Å². The molecule has 1 atom stereocenters. The second-order valence-electron chi connectivity index (χ2n) is 4.53. The van der Waals surface area contributed by atoms with E-state index in [-0.39, 0.29) is 0 Å². The Kier molecular flexibility index (Phi) is 6.81. The Hall–Kier alpha value is -0.940. The lowest BCUT2D eigenvalue weighted by Gasteiger charge is -2.13. The fourth-order valence-corrected chi connectivity index (χ4v) is 1.77. The van der Waals surface area contributed by atoms with Gasteiger partial charge in [0.1, 0.15) is 0 Å². The molecule has 3 N–H and O–H groups in total. The molecular weight excluding hydrogens is 214 g/mol. The number of hydrogen-bond acceptors (Lipinski definition) is 4. The molecule has 1 heterocycles. The van der Waals surface area contributed by atoms with Crippen LogP contribution in [0, 0.1) is 0 Å². The first-order valence-corrected chi connectivity index (χ1v) is 6.58. The lowest BCUT2D eigenvalue weighted by molar-refractivity contribution is 0.456. The van der Waals surface area contributed by atoms with E-state index in [1.54, 1.807) is 0 Å². The van der Waals surface area contributed by atoms with E-state index in [0.717, 1.165) is 18.8 Å². The van der Waals surface area contributed by atoms with Gasteiger partial charge in [0.05, 0.1) is 12.2 Å². The van der Waals surface area contributed by atoms with Crippen molar-refractivity contribution >= 4 is 0 Å². The first-order valence-electron chi connectivity index (χ1n) is 6.58. The summed E-state index contributed by atoms with van der Waals surface area (Å²) in [5.74, 6) is 0. The highest BCUT2D eigenvalue weighted by Crippen LogP contribution is 2.02. The van der Waals surface area contributed by atoms with Crippen molar-refractivity contribution in [2.75, 3.05) is 6.54 Å². The minimum absolute atomic E-state index is 0.459. The van der Waals surface area contributed by atoms with E-state index in [9.17, 15) is 0 Å². The average molecular weight is 239 g/mol. The predicted molar refractivity (Wildman–Crippen MR) is 69.5 cm³/mol. The van der Waals surface area contributed by atoms with Gasteiger partial charge in [-0.05, 0) is 13.3 Å². The Balaban J connectivity index is 2.10. The van der Waals surface area contributed by atoms with Crippen LogP contribution in [0.2, 0.25) is 0 Å². The fraction of sp³-hybridized carbons (Fsp3) is 0.833. The summed E-state index contributed by atoms with van der Waals surface area (Å²) < 4.78 is 1.84. The largest absolute Gasteiger partial charge is 0.325 e. The maximum atomic E-state index is 5.48. The Morgan fingerprint density at radius 3 is 2.94 bits per heavy atom. The number of aromatic nitrogens is 3. The van der Waals surface area contributed by atoms with Crippen molar-refractivity contribution in [2.24, 2.45) is 5.73 Å². The summed E-state index contributed by atoms with van der Waals surface area (Å²) >= 11 is 0. The highest BCUT2D eigenvalue weighted by atomic mass is 15.4. The number of rotatable bonds is 9. The molecule has 0 aromatic carbocycles. The van der Waals surface area contributed by atoms with Crippen molar-refractivity contribution in [1.82, 2.24) is 20.3 Å². The summed E-state index contributed by atoms with van der Waals surface area (Å²) in [6.07, 6.45) is 7.08. The molecule has 0 amide bonds. The van der Waals surface area contributed by atoms with Crippen LogP contribution in [-0.2, 0) is 13.1 Å². The van der Waals surface area contributed by atoms with Crippen LogP contribution in [0.25, 0.3) is 0 Å². The number of nitrogens with zero attached hydrogens (tertiary/aromatic N) is 3. The monoisotopic (exact) mass is 239 g/mol. The minimum Gasteiger partial charge on any atom is -0.325 e. The van der Waals surface area contributed by atoms with Crippen LogP contribution in [0.5, 0.6) is 0 Å². The standard InChI is InChI=1S/C12H25N5/c1-3-4-5-6-11(2)14-7-8-17-10-12(9-13)15-16-17/h10-11,14H,3-9,13H2,1-2H3. The Morgan fingerprint density at radius 1 is 1.47 bits per heavy atom. The van der Waals surface area contributed by atoms with Crippen LogP contribution in [0.1, 0.15) is 45.2 Å². The third-order valence-electron chi connectivity index (χ3n) is 2.87. The van der Waals surface area contributed by atoms with Gasteiger partial charge >= 0.3 is 0 Å². The molecule has 0 saturated heterocycles. The van der Waals surface area contributed by atoms with Gasteiger partial charge in [0, 0.05) is 25.3 Å². The van der Waals surface area contributed by atoms with Gasteiger partial charge < -0.3 is 11.1 Å². The second kappa shape index (κ2) is 8.20. The molecule has 1 rings (SSSR count). The molecule has 0 saturated carbocycles. The van der Waals surface area contributed by atoms with Crippen LogP contribution in [-0.4, -0.2) is 27.6 Å². The molecule has 0 aliphatic heterocycles. The summed E-state index contributed by atoms with van der Waals surface area (Å²) in [4.78, 5) is 0. The van der Waals surface area contributed by atoms with E-state index in [4.69, 9.17) is 5.73 Å². The smallest absolute Gasteiger partial charge is 0.0962 e. The second-order valence-corrected chi connectivity index (χ2v) is 4.53. The predicted octanol–water partition coefficient (Wildman–Crippen LogP) is 1.30. The van der Waals surface area contributed by atoms with Gasteiger partial charge in [-0.3, -0.25) is 4.68 Å². The van der Waals surface area contributed by atoms with Crippen molar-refractivity contribution in [3.8, 4) is 0 Å². The van der Waals surface area contributed by atoms with Crippen LogP contribution < -0.4 is 11.1 Å². The van der Waals surface area contributed by atoms with E-state index in [0.29, 0.717) is 12.6 Å². The topological polar surface area (TPSA) is 68.8 Å². The minimum atomic E-state index is 0.459. The van der Waals surface area contributed by atoms with Gasteiger partial charge in [0.15, 0.2) is 0 Å². The first kappa shape index (κ1) is 14.1. The molecule has 1 aromatic heterocycles. The van der Waals surface area contributed by atoms with E-state index >= 15 is 0 Å². The van der Waals surface area contributed by atoms with Crippen LogP contribution >= 0.6 is 0 Å². The molecule has 0 aliphatic rings. The number of nitrogens with one attached hydrogen (secondary N) is 1. The quantitative estimate of drug-likeness (QED) is 0.637. The van der Waals surface area contributed by atoms with Crippen LogP contribution in [0.3, 0.4) is 0 Å². The summed E-state index contributed by atoms with van der Waals surface area (Å²) in [5, 5.41) is 11.5. The fourth-order valence-electron chi connectivity index (χ4n) is 1.77. The third-order valence-corrected chi connectivity index (χ3v) is 2.87. The Labute approximate surface area is 104 Å². The third kappa shape index (κ3) is 5.79. The molecule has 1 aromatic rings. The van der Waals surface area contributed by atoms with Crippen molar-refractivity contribution in [1.29, 1.82) is 0 Å². The maximum Gasteiger partial charge on any atom is 0.0962 e. The van der Waals surface area contributed by atoms with Crippen molar-refractivity contribution in [2.45, 2.75) is 58.7 Å². The number of nitrogens with two attached hydrogens (primary N) is 1. The molecule has 0 fully saturated rings. The van der Waals surface area contributed by atoms with Gasteiger partial charge in [0.2, 0.25) is 0 Å². The SMILES string of the molecule is CCCCCC(C)NCCn1cc(CN)nn1. The van der Waals surface area contributed by atoms with Gasteiger partial charge in [-0.2, -0.15) is 0 Å². The number of unbranched alkanes of at least 4 members (excludes halogenated alkanes) is 2. The molecule has 0 aliphatic carbocycles. The molecule has 17 heavy (non-hydrogen) atoms. The molecule has 98 valence electrons. The summed E-state index contributed by atoms with van der Waals surface area (Å²) in [7, 11) is 0. The lowest BCUT2D eigenvalue weighted by Crippen LogP contribution is -2.29. The van der Waals surface area contributed by atoms with Gasteiger partial charge in [-0.1, -0.05) is 31.4 Å². The molecule has 0 bridgehead atoms. The van der Waals surface area contributed by atoms with E-state index in [2.05, 4.69) is 29.5 Å².